The van der Waals surface area contributed by atoms with Gasteiger partial charge in [-0.05, 0) is 42.8 Å². The molecule has 2 rings (SSSR count). The van der Waals surface area contributed by atoms with Crippen LogP contribution in [0.5, 0.6) is 0 Å². The lowest BCUT2D eigenvalue weighted by Gasteiger charge is -2.10. The van der Waals surface area contributed by atoms with Crippen molar-refractivity contribution >= 4 is 23.5 Å². The summed E-state index contributed by atoms with van der Waals surface area (Å²) >= 11 is 1.60. The molecule has 1 amide bonds. The van der Waals surface area contributed by atoms with Gasteiger partial charge in [-0.1, -0.05) is 17.8 Å². The Morgan fingerprint density at radius 3 is 2.80 bits per heavy atom. The summed E-state index contributed by atoms with van der Waals surface area (Å²) in [6, 6.07) is 11.6. The van der Waals surface area contributed by atoms with Crippen molar-refractivity contribution in [3.63, 3.8) is 0 Å². The zero-order valence-corrected chi connectivity index (χ0v) is 12.0. The second-order valence-electron chi connectivity index (χ2n) is 3.99. The number of hydrazine groups is 1. The van der Waals surface area contributed by atoms with E-state index in [0.717, 1.165) is 21.2 Å². The Morgan fingerprint density at radius 2 is 2.15 bits per heavy atom. The van der Waals surface area contributed by atoms with Crippen LogP contribution in [0.3, 0.4) is 0 Å². The van der Waals surface area contributed by atoms with Gasteiger partial charge in [0.25, 0.3) is 0 Å². The first-order valence-electron chi connectivity index (χ1n) is 5.98. The van der Waals surface area contributed by atoms with E-state index < -0.39 is 6.09 Å². The quantitative estimate of drug-likeness (QED) is 0.846. The minimum Gasteiger partial charge on any atom is -0.452 e. The summed E-state index contributed by atoms with van der Waals surface area (Å²) in [6.45, 7) is 2.01. The van der Waals surface area contributed by atoms with Gasteiger partial charge in [-0.25, -0.2) is 15.2 Å². The van der Waals surface area contributed by atoms with Gasteiger partial charge in [-0.2, -0.15) is 0 Å². The van der Waals surface area contributed by atoms with Gasteiger partial charge in [-0.15, -0.1) is 0 Å². The Kier molecular flexibility index (Phi) is 4.84. The van der Waals surface area contributed by atoms with E-state index in [-0.39, 0.29) is 0 Å². The smallest absolute Gasteiger partial charge is 0.425 e. The second kappa shape index (κ2) is 6.81. The summed E-state index contributed by atoms with van der Waals surface area (Å²) in [7, 11) is 1.31. The fourth-order valence-electron chi connectivity index (χ4n) is 1.54. The summed E-state index contributed by atoms with van der Waals surface area (Å²) in [4.78, 5) is 16.4. The van der Waals surface area contributed by atoms with Crippen LogP contribution < -0.4 is 10.9 Å². The number of pyridine rings is 1. The van der Waals surface area contributed by atoms with Gasteiger partial charge in [0, 0.05) is 11.1 Å². The molecule has 0 atom stereocenters. The third-order valence-corrected chi connectivity index (χ3v) is 3.65. The molecule has 0 saturated heterocycles. The SMILES string of the molecule is COC(=O)NNc1ccc(Sc2ccccn2)c(C)c1. The van der Waals surface area contributed by atoms with Crippen molar-refractivity contribution in [1.82, 2.24) is 10.4 Å². The lowest BCUT2D eigenvalue weighted by Crippen LogP contribution is -2.28. The number of anilines is 1. The van der Waals surface area contributed by atoms with Crippen molar-refractivity contribution in [2.75, 3.05) is 12.5 Å². The van der Waals surface area contributed by atoms with E-state index in [1.54, 1.807) is 18.0 Å². The van der Waals surface area contributed by atoms with Crippen molar-refractivity contribution in [1.29, 1.82) is 0 Å². The zero-order valence-electron chi connectivity index (χ0n) is 11.2. The number of nitrogens with one attached hydrogen (secondary N) is 2. The average molecular weight is 289 g/mol. The normalized spacial score (nSPS) is 9.90. The highest BCUT2D eigenvalue weighted by Crippen LogP contribution is 2.29. The van der Waals surface area contributed by atoms with Crippen molar-refractivity contribution in [2.45, 2.75) is 16.8 Å². The van der Waals surface area contributed by atoms with E-state index in [4.69, 9.17) is 0 Å². The molecule has 6 heteroatoms. The third-order valence-electron chi connectivity index (χ3n) is 2.52. The van der Waals surface area contributed by atoms with Gasteiger partial charge in [0.1, 0.15) is 5.03 Å². The van der Waals surface area contributed by atoms with Crippen LogP contribution in [0.2, 0.25) is 0 Å². The number of hydrogen-bond donors (Lipinski definition) is 2. The minimum atomic E-state index is -0.533. The highest BCUT2D eigenvalue weighted by Gasteiger charge is 2.04. The van der Waals surface area contributed by atoms with Crippen LogP contribution in [-0.2, 0) is 4.74 Å². The predicted molar refractivity (Wildman–Crippen MR) is 78.7 cm³/mol. The molecule has 0 aliphatic rings. The third kappa shape index (κ3) is 3.89. The highest BCUT2D eigenvalue weighted by molar-refractivity contribution is 7.99. The van der Waals surface area contributed by atoms with Crippen molar-refractivity contribution in [3.8, 4) is 0 Å². The van der Waals surface area contributed by atoms with Crippen LogP contribution in [0.1, 0.15) is 5.56 Å². The first kappa shape index (κ1) is 14.2. The topological polar surface area (TPSA) is 63.2 Å². The van der Waals surface area contributed by atoms with E-state index in [2.05, 4.69) is 20.6 Å². The van der Waals surface area contributed by atoms with E-state index >= 15 is 0 Å². The summed E-state index contributed by atoms with van der Waals surface area (Å²) in [5, 5.41) is 0.948. The molecule has 1 aromatic carbocycles. The fraction of sp³-hybridized carbons (Fsp3) is 0.143. The Balaban J connectivity index is 2.04. The summed E-state index contributed by atoms with van der Waals surface area (Å²) < 4.78 is 4.48. The number of carbonyl (C=O) groups excluding carboxylic acids is 1. The molecule has 1 heterocycles. The molecular weight excluding hydrogens is 274 g/mol. The number of aryl methyl sites for hydroxylation is 1. The van der Waals surface area contributed by atoms with Gasteiger partial charge in [-0.3, -0.25) is 5.43 Å². The molecule has 0 radical (unpaired) electrons. The maximum atomic E-state index is 11.0. The Labute approximate surface area is 121 Å². The molecule has 104 valence electrons. The van der Waals surface area contributed by atoms with Crippen LogP contribution >= 0.6 is 11.8 Å². The lowest BCUT2D eigenvalue weighted by atomic mass is 10.2. The fourth-order valence-corrected chi connectivity index (χ4v) is 2.38. The predicted octanol–water partition coefficient (Wildman–Crippen LogP) is 3.22. The number of benzene rings is 1. The maximum Gasteiger partial charge on any atom is 0.425 e. The summed E-state index contributed by atoms with van der Waals surface area (Å²) in [5.74, 6) is 0. The molecule has 0 saturated carbocycles. The number of carbonyl (C=O) groups is 1. The highest BCUT2D eigenvalue weighted by atomic mass is 32.2. The van der Waals surface area contributed by atoms with Gasteiger partial charge < -0.3 is 4.74 Å². The number of aromatic nitrogens is 1. The molecule has 0 spiro atoms. The molecule has 0 fully saturated rings. The molecule has 5 nitrogen and oxygen atoms in total. The molecule has 0 bridgehead atoms. The van der Waals surface area contributed by atoms with Gasteiger partial charge in [0.2, 0.25) is 0 Å². The Bertz CT molecular complexity index is 590. The van der Waals surface area contributed by atoms with E-state index in [1.807, 2.05) is 43.3 Å². The number of amides is 1. The molecule has 2 N–H and O–H groups in total. The number of nitrogens with zero attached hydrogens (tertiary/aromatic N) is 1. The minimum absolute atomic E-state index is 0.533. The number of ether oxygens (including phenoxy) is 1. The Morgan fingerprint density at radius 1 is 1.30 bits per heavy atom. The maximum absolute atomic E-state index is 11.0. The molecular formula is C14H15N3O2S. The largest absolute Gasteiger partial charge is 0.452 e. The van der Waals surface area contributed by atoms with Crippen LogP contribution in [0.4, 0.5) is 10.5 Å². The molecule has 0 aliphatic heterocycles. The molecule has 2 aromatic rings. The van der Waals surface area contributed by atoms with Crippen LogP contribution in [0, 0.1) is 6.92 Å². The average Bonchev–Trinajstić information content (AvgIpc) is 2.48. The number of rotatable bonds is 4. The van der Waals surface area contributed by atoms with E-state index in [0.29, 0.717) is 0 Å². The van der Waals surface area contributed by atoms with Crippen molar-refractivity contribution in [2.24, 2.45) is 0 Å². The molecule has 20 heavy (non-hydrogen) atoms. The second-order valence-corrected chi connectivity index (χ2v) is 5.05. The molecule has 1 aromatic heterocycles. The summed E-state index contributed by atoms with van der Waals surface area (Å²) in [6.07, 6.45) is 1.24. The van der Waals surface area contributed by atoms with Gasteiger partial charge in [0.15, 0.2) is 0 Å². The van der Waals surface area contributed by atoms with Crippen LogP contribution in [0.15, 0.2) is 52.5 Å². The standard InChI is InChI=1S/C14H15N3O2S/c1-10-9-11(16-17-14(18)19-2)6-7-12(10)20-13-5-3-4-8-15-13/h3-9,16H,1-2H3,(H,17,18). The molecule has 0 aliphatic carbocycles. The summed E-state index contributed by atoms with van der Waals surface area (Å²) in [5.41, 5.74) is 7.08. The first-order valence-corrected chi connectivity index (χ1v) is 6.80. The monoisotopic (exact) mass is 289 g/mol. The molecule has 0 unspecified atom stereocenters. The van der Waals surface area contributed by atoms with E-state index in [9.17, 15) is 4.79 Å². The zero-order chi connectivity index (χ0) is 14.4. The van der Waals surface area contributed by atoms with Crippen LogP contribution in [-0.4, -0.2) is 18.2 Å². The Hall–Kier alpha value is -2.21. The van der Waals surface area contributed by atoms with Crippen molar-refractivity contribution in [3.05, 3.63) is 48.2 Å². The van der Waals surface area contributed by atoms with Crippen molar-refractivity contribution < 1.29 is 9.53 Å². The van der Waals surface area contributed by atoms with Crippen LogP contribution in [0.25, 0.3) is 0 Å². The van der Waals surface area contributed by atoms with Gasteiger partial charge in [0.05, 0.1) is 12.8 Å². The first-order chi connectivity index (χ1) is 9.69. The lowest BCUT2D eigenvalue weighted by molar-refractivity contribution is 0.173. The number of methoxy groups -OCH3 is 1. The van der Waals surface area contributed by atoms with E-state index in [1.165, 1.54) is 7.11 Å². The number of hydrogen-bond acceptors (Lipinski definition) is 5. The van der Waals surface area contributed by atoms with Gasteiger partial charge >= 0.3 is 6.09 Å².